The minimum atomic E-state index is -1.13. The van der Waals surface area contributed by atoms with Gasteiger partial charge in [0, 0.05) is 30.6 Å². The van der Waals surface area contributed by atoms with E-state index in [0.717, 1.165) is 17.7 Å². The molecule has 3 aromatic rings. The molecule has 1 N–H and O–H groups in total. The van der Waals surface area contributed by atoms with Crippen LogP contribution in [0.15, 0.2) is 42.9 Å². The molecular weight excluding hydrogens is 376 g/mol. The predicted octanol–water partition coefficient (Wildman–Crippen LogP) is 3.01. The van der Waals surface area contributed by atoms with Gasteiger partial charge >= 0.3 is 5.97 Å². The molecule has 0 bridgehead atoms. The van der Waals surface area contributed by atoms with E-state index < -0.39 is 5.97 Å². The molecule has 3 heterocycles. The fourth-order valence-electron chi connectivity index (χ4n) is 2.69. The molecule has 0 saturated heterocycles. The zero-order valence-electron chi connectivity index (χ0n) is 16.2. The summed E-state index contributed by atoms with van der Waals surface area (Å²) < 4.78 is 18.0. The number of aromatic carboxylic acids is 1. The number of rotatable bonds is 10. The van der Waals surface area contributed by atoms with Crippen LogP contribution in [0, 0.1) is 0 Å². The normalized spacial score (nSPS) is 10.7. The van der Waals surface area contributed by atoms with Gasteiger partial charge in [-0.2, -0.15) is 5.10 Å². The zero-order valence-corrected chi connectivity index (χ0v) is 16.2. The number of carbonyl (C=O) groups is 1. The second-order valence-corrected chi connectivity index (χ2v) is 6.08. The van der Waals surface area contributed by atoms with E-state index in [-0.39, 0.29) is 23.8 Å². The van der Waals surface area contributed by atoms with Crippen molar-refractivity contribution < 1.29 is 24.1 Å². The van der Waals surface area contributed by atoms with Gasteiger partial charge in [-0.05, 0) is 18.6 Å². The summed E-state index contributed by atoms with van der Waals surface area (Å²) in [5.74, 6) is -0.779. The molecule has 0 aliphatic heterocycles. The van der Waals surface area contributed by atoms with Crippen LogP contribution in [0.25, 0.3) is 11.4 Å². The molecule has 9 heteroatoms. The Balaban J connectivity index is 1.83. The van der Waals surface area contributed by atoms with Gasteiger partial charge in [0.1, 0.15) is 18.9 Å². The van der Waals surface area contributed by atoms with Crippen LogP contribution >= 0.6 is 0 Å². The number of hydrogen-bond donors (Lipinski definition) is 1. The van der Waals surface area contributed by atoms with Crippen LogP contribution in [0.4, 0.5) is 0 Å². The van der Waals surface area contributed by atoms with Crippen LogP contribution in [0.5, 0.6) is 11.6 Å². The van der Waals surface area contributed by atoms with Crippen molar-refractivity contribution >= 4 is 5.97 Å². The quantitative estimate of drug-likeness (QED) is 0.519. The van der Waals surface area contributed by atoms with E-state index in [2.05, 4.69) is 15.1 Å². The largest absolute Gasteiger partial charge is 0.486 e. The number of pyridine rings is 2. The van der Waals surface area contributed by atoms with Gasteiger partial charge in [0.25, 0.3) is 0 Å². The lowest BCUT2D eigenvalue weighted by atomic mass is 10.1. The zero-order chi connectivity index (χ0) is 20.6. The van der Waals surface area contributed by atoms with Gasteiger partial charge in [-0.25, -0.2) is 14.5 Å². The molecule has 0 aliphatic carbocycles. The van der Waals surface area contributed by atoms with Gasteiger partial charge in [-0.1, -0.05) is 13.0 Å². The Morgan fingerprint density at radius 1 is 1.24 bits per heavy atom. The Labute approximate surface area is 167 Å². The maximum atomic E-state index is 11.5. The Kier molecular flexibility index (Phi) is 6.75. The molecule has 3 rings (SSSR count). The molecule has 0 aliphatic rings. The molecule has 0 spiro atoms. The van der Waals surface area contributed by atoms with Crippen molar-refractivity contribution in [1.29, 1.82) is 0 Å². The molecule has 0 unspecified atom stereocenters. The highest BCUT2D eigenvalue weighted by Crippen LogP contribution is 2.25. The van der Waals surface area contributed by atoms with E-state index >= 15 is 0 Å². The number of carboxylic acid groups (broad SMARTS) is 1. The topological polar surface area (TPSA) is 109 Å². The fourth-order valence-corrected chi connectivity index (χ4v) is 2.69. The molecule has 0 amide bonds. The SMILES string of the molecule is CCCOCn1nccc1-c1ncccc1COc1cnc(OC)cc1C(=O)O. The third kappa shape index (κ3) is 4.88. The van der Waals surface area contributed by atoms with Crippen LogP contribution < -0.4 is 9.47 Å². The van der Waals surface area contributed by atoms with Crippen molar-refractivity contribution in [3.8, 4) is 23.0 Å². The highest BCUT2D eigenvalue weighted by atomic mass is 16.5. The lowest BCUT2D eigenvalue weighted by Crippen LogP contribution is -2.09. The van der Waals surface area contributed by atoms with Gasteiger partial charge in [-0.3, -0.25) is 4.98 Å². The van der Waals surface area contributed by atoms with Crippen molar-refractivity contribution in [3.05, 3.63) is 54.0 Å². The highest BCUT2D eigenvalue weighted by Gasteiger charge is 2.16. The summed E-state index contributed by atoms with van der Waals surface area (Å²) in [7, 11) is 1.42. The van der Waals surface area contributed by atoms with E-state index in [1.54, 1.807) is 23.1 Å². The Bertz CT molecular complexity index is 973. The molecule has 0 atom stereocenters. The van der Waals surface area contributed by atoms with Gasteiger partial charge in [0.2, 0.25) is 5.88 Å². The third-order valence-electron chi connectivity index (χ3n) is 4.08. The van der Waals surface area contributed by atoms with Crippen LogP contribution in [-0.4, -0.2) is 44.5 Å². The van der Waals surface area contributed by atoms with Crippen LogP contribution in [0.1, 0.15) is 29.3 Å². The van der Waals surface area contributed by atoms with Crippen molar-refractivity contribution in [2.45, 2.75) is 26.7 Å². The lowest BCUT2D eigenvalue weighted by molar-refractivity contribution is 0.0690. The first-order chi connectivity index (χ1) is 14.1. The number of aromatic nitrogens is 4. The third-order valence-corrected chi connectivity index (χ3v) is 4.08. The summed E-state index contributed by atoms with van der Waals surface area (Å²) in [5, 5.41) is 13.7. The van der Waals surface area contributed by atoms with Crippen LogP contribution in [0.2, 0.25) is 0 Å². The van der Waals surface area contributed by atoms with Crippen molar-refractivity contribution in [2.24, 2.45) is 0 Å². The Morgan fingerprint density at radius 2 is 2.10 bits per heavy atom. The first-order valence-corrected chi connectivity index (χ1v) is 9.08. The molecular formula is C20H22N4O5. The molecule has 0 saturated carbocycles. The van der Waals surface area contributed by atoms with Gasteiger partial charge in [-0.15, -0.1) is 0 Å². The minimum Gasteiger partial charge on any atom is -0.486 e. The molecule has 152 valence electrons. The lowest BCUT2D eigenvalue weighted by Gasteiger charge is -2.13. The minimum absolute atomic E-state index is 0.0275. The van der Waals surface area contributed by atoms with Gasteiger partial charge < -0.3 is 19.3 Å². The average Bonchev–Trinajstić information content (AvgIpc) is 3.20. The first kappa shape index (κ1) is 20.3. The van der Waals surface area contributed by atoms with Crippen molar-refractivity contribution in [1.82, 2.24) is 19.7 Å². The van der Waals surface area contributed by atoms with E-state index in [0.29, 0.717) is 19.0 Å². The molecule has 0 radical (unpaired) electrons. The van der Waals surface area contributed by atoms with Crippen molar-refractivity contribution in [3.63, 3.8) is 0 Å². The highest BCUT2D eigenvalue weighted by molar-refractivity contribution is 5.91. The van der Waals surface area contributed by atoms with E-state index in [4.69, 9.17) is 14.2 Å². The summed E-state index contributed by atoms with van der Waals surface area (Å²) in [4.78, 5) is 20.0. The smallest absolute Gasteiger partial charge is 0.339 e. The van der Waals surface area contributed by atoms with Crippen molar-refractivity contribution in [2.75, 3.05) is 13.7 Å². The Morgan fingerprint density at radius 3 is 2.86 bits per heavy atom. The standard InChI is InChI=1S/C20H22N4O5/c1-3-9-28-13-24-16(6-8-23-24)19-14(5-4-7-21-19)12-29-17-11-22-18(27-2)10-15(17)20(25)26/h4-8,10-11H,3,9,12-13H2,1-2H3,(H,25,26). The number of ether oxygens (including phenoxy) is 3. The number of methoxy groups -OCH3 is 1. The van der Waals surface area contributed by atoms with E-state index in [1.165, 1.54) is 19.4 Å². The summed E-state index contributed by atoms with van der Waals surface area (Å²) in [6.07, 6.45) is 5.61. The molecule has 0 fully saturated rings. The number of carboxylic acids is 1. The van der Waals surface area contributed by atoms with Crippen LogP contribution in [-0.2, 0) is 18.1 Å². The second kappa shape index (κ2) is 9.65. The Hall–Kier alpha value is -3.46. The molecule has 3 aromatic heterocycles. The molecule has 29 heavy (non-hydrogen) atoms. The predicted molar refractivity (Wildman–Crippen MR) is 104 cm³/mol. The van der Waals surface area contributed by atoms with E-state index in [9.17, 15) is 9.90 Å². The van der Waals surface area contributed by atoms with Gasteiger partial charge in [0.15, 0.2) is 5.75 Å². The summed E-state index contributed by atoms with van der Waals surface area (Å²) >= 11 is 0. The summed E-state index contributed by atoms with van der Waals surface area (Å²) in [5.41, 5.74) is 2.22. The first-order valence-electron chi connectivity index (χ1n) is 9.08. The number of nitrogens with zero attached hydrogens (tertiary/aromatic N) is 4. The fraction of sp³-hybridized carbons (Fsp3) is 0.300. The summed E-state index contributed by atoms with van der Waals surface area (Å²) in [6.45, 7) is 3.11. The maximum absolute atomic E-state index is 11.5. The maximum Gasteiger partial charge on any atom is 0.339 e. The number of hydrogen-bond acceptors (Lipinski definition) is 7. The van der Waals surface area contributed by atoms with Gasteiger partial charge in [0.05, 0.1) is 24.7 Å². The summed E-state index contributed by atoms with van der Waals surface area (Å²) in [6, 6.07) is 6.82. The van der Waals surface area contributed by atoms with E-state index in [1.807, 2.05) is 19.1 Å². The molecule has 0 aromatic carbocycles. The average molecular weight is 398 g/mol. The van der Waals surface area contributed by atoms with Crippen LogP contribution in [0.3, 0.4) is 0 Å². The monoisotopic (exact) mass is 398 g/mol. The second-order valence-electron chi connectivity index (χ2n) is 6.08. The molecule has 9 nitrogen and oxygen atoms in total.